The average molecular weight is 276 g/mol. The Morgan fingerprint density at radius 1 is 1.30 bits per heavy atom. The fourth-order valence-corrected chi connectivity index (χ4v) is 3.16. The quantitative estimate of drug-likeness (QED) is 0.479. The van der Waals surface area contributed by atoms with E-state index < -0.39 is 0 Å². The molecule has 0 heterocycles. The zero-order valence-corrected chi connectivity index (χ0v) is 12.2. The maximum absolute atomic E-state index is 10.8. The van der Waals surface area contributed by atoms with Gasteiger partial charge in [0, 0.05) is 23.9 Å². The SMILES string of the molecule is CCCC1CCCC(Nc2cccc([N+](=O)[O-])c2)CC1. The van der Waals surface area contributed by atoms with Gasteiger partial charge in [0.05, 0.1) is 4.92 Å². The van der Waals surface area contributed by atoms with Gasteiger partial charge < -0.3 is 5.32 Å². The van der Waals surface area contributed by atoms with E-state index in [9.17, 15) is 10.1 Å². The highest BCUT2D eigenvalue weighted by atomic mass is 16.6. The third kappa shape index (κ3) is 4.22. The van der Waals surface area contributed by atoms with E-state index in [2.05, 4.69) is 12.2 Å². The number of nitro benzene ring substituents is 1. The van der Waals surface area contributed by atoms with E-state index in [1.165, 1.54) is 51.0 Å². The second-order valence-corrected chi connectivity index (χ2v) is 5.81. The molecule has 1 N–H and O–H groups in total. The maximum atomic E-state index is 10.8. The molecule has 1 saturated carbocycles. The molecule has 4 heteroatoms. The molecule has 0 bridgehead atoms. The predicted octanol–water partition coefficient (Wildman–Crippen LogP) is 4.76. The Kier molecular flexibility index (Phi) is 5.39. The molecular formula is C16H24N2O2. The van der Waals surface area contributed by atoms with E-state index in [0.717, 1.165) is 11.6 Å². The maximum Gasteiger partial charge on any atom is 0.271 e. The summed E-state index contributed by atoms with van der Waals surface area (Å²) in [6.07, 6.45) is 8.83. The normalized spacial score (nSPS) is 23.1. The monoisotopic (exact) mass is 276 g/mol. The Labute approximate surface area is 120 Å². The van der Waals surface area contributed by atoms with E-state index in [0.29, 0.717) is 6.04 Å². The lowest BCUT2D eigenvalue weighted by atomic mass is 9.95. The lowest BCUT2D eigenvalue weighted by molar-refractivity contribution is -0.384. The van der Waals surface area contributed by atoms with Gasteiger partial charge in [0.1, 0.15) is 0 Å². The zero-order valence-electron chi connectivity index (χ0n) is 12.2. The van der Waals surface area contributed by atoms with Crippen LogP contribution in [0, 0.1) is 16.0 Å². The van der Waals surface area contributed by atoms with Gasteiger partial charge in [-0.15, -0.1) is 0 Å². The van der Waals surface area contributed by atoms with Crippen molar-refractivity contribution in [2.45, 2.75) is 57.9 Å². The summed E-state index contributed by atoms with van der Waals surface area (Å²) >= 11 is 0. The molecule has 0 saturated heterocycles. The van der Waals surface area contributed by atoms with Crippen LogP contribution in [0.2, 0.25) is 0 Å². The summed E-state index contributed by atoms with van der Waals surface area (Å²) < 4.78 is 0. The summed E-state index contributed by atoms with van der Waals surface area (Å²) in [7, 11) is 0. The summed E-state index contributed by atoms with van der Waals surface area (Å²) in [5, 5.41) is 14.3. The molecule has 0 radical (unpaired) electrons. The molecule has 2 atom stereocenters. The Hall–Kier alpha value is -1.58. The van der Waals surface area contributed by atoms with E-state index in [-0.39, 0.29) is 10.6 Å². The van der Waals surface area contributed by atoms with Crippen molar-refractivity contribution in [3.8, 4) is 0 Å². The van der Waals surface area contributed by atoms with Crippen molar-refractivity contribution in [1.82, 2.24) is 0 Å². The first-order valence-corrected chi connectivity index (χ1v) is 7.70. The molecule has 1 aliphatic rings. The highest BCUT2D eigenvalue weighted by Crippen LogP contribution is 2.28. The largest absolute Gasteiger partial charge is 0.382 e. The summed E-state index contributed by atoms with van der Waals surface area (Å²) in [5.41, 5.74) is 1.03. The molecule has 1 aromatic carbocycles. The third-order valence-corrected chi connectivity index (χ3v) is 4.21. The van der Waals surface area contributed by atoms with Gasteiger partial charge in [-0.2, -0.15) is 0 Å². The molecule has 2 rings (SSSR count). The predicted molar refractivity (Wildman–Crippen MR) is 82.0 cm³/mol. The molecule has 0 aromatic heterocycles. The van der Waals surface area contributed by atoms with Gasteiger partial charge >= 0.3 is 0 Å². The smallest absolute Gasteiger partial charge is 0.271 e. The minimum absolute atomic E-state index is 0.160. The van der Waals surface area contributed by atoms with Crippen LogP contribution in [0.15, 0.2) is 24.3 Å². The van der Waals surface area contributed by atoms with E-state index >= 15 is 0 Å². The Morgan fingerprint density at radius 2 is 2.15 bits per heavy atom. The molecule has 0 amide bonds. The lowest BCUT2D eigenvalue weighted by Crippen LogP contribution is -2.18. The fourth-order valence-electron chi connectivity index (χ4n) is 3.16. The van der Waals surface area contributed by atoms with Crippen molar-refractivity contribution in [2.24, 2.45) is 5.92 Å². The van der Waals surface area contributed by atoms with Gasteiger partial charge in [0.2, 0.25) is 0 Å². The van der Waals surface area contributed by atoms with Crippen molar-refractivity contribution in [3.05, 3.63) is 34.4 Å². The molecule has 20 heavy (non-hydrogen) atoms. The van der Waals surface area contributed by atoms with Crippen LogP contribution in [0.4, 0.5) is 11.4 Å². The van der Waals surface area contributed by atoms with Crippen molar-refractivity contribution in [2.75, 3.05) is 5.32 Å². The second kappa shape index (κ2) is 7.27. The van der Waals surface area contributed by atoms with E-state index in [1.54, 1.807) is 12.1 Å². The summed E-state index contributed by atoms with van der Waals surface area (Å²) in [4.78, 5) is 10.5. The first-order chi connectivity index (χ1) is 9.69. The van der Waals surface area contributed by atoms with Crippen molar-refractivity contribution in [3.63, 3.8) is 0 Å². The van der Waals surface area contributed by atoms with Crippen LogP contribution < -0.4 is 5.32 Å². The molecule has 2 unspecified atom stereocenters. The Bertz CT molecular complexity index is 448. The highest BCUT2D eigenvalue weighted by molar-refractivity contribution is 5.51. The van der Waals surface area contributed by atoms with Crippen molar-refractivity contribution < 1.29 is 4.92 Å². The van der Waals surface area contributed by atoms with Crippen LogP contribution in [0.3, 0.4) is 0 Å². The summed E-state index contributed by atoms with van der Waals surface area (Å²) in [6.45, 7) is 2.25. The Balaban J connectivity index is 1.93. The van der Waals surface area contributed by atoms with Crippen LogP contribution in [0.25, 0.3) is 0 Å². The fraction of sp³-hybridized carbons (Fsp3) is 0.625. The van der Waals surface area contributed by atoms with Gasteiger partial charge in [-0.1, -0.05) is 38.7 Å². The summed E-state index contributed by atoms with van der Waals surface area (Å²) in [5.74, 6) is 0.872. The molecule has 4 nitrogen and oxygen atoms in total. The number of nitro groups is 1. The molecular weight excluding hydrogens is 252 g/mol. The highest BCUT2D eigenvalue weighted by Gasteiger charge is 2.18. The van der Waals surface area contributed by atoms with Gasteiger partial charge in [0.25, 0.3) is 5.69 Å². The van der Waals surface area contributed by atoms with Crippen LogP contribution in [0.5, 0.6) is 0 Å². The van der Waals surface area contributed by atoms with Gasteiger partial charge in [0.15, 0.2) is 0 Å². The van der Waals surface area contributed by atoms with Gasteiger partial charge in [-0.05, 0) is 31.2 Å². The first kappa shape index (κ1) is 14.8. The van der Waals surface area contributed by atoms with Gasteiger partial charge in [-0.25, -0.2) is 0 Å². The number of nitrogens with zero attached hydrogens (tertiary/aromatic N) is 1. The number of hydrogen-bond acceptors (Lipinski definition) is 3. The Morgan fingerprint density at radius 3 is 2.90 bits per heavy atom. The van der Waals surface area contributed by atoms with Crippen molar-refractivity contribution >= 4 is 11.4 Å². The molecule has 110 valence electrons. The van der Waals surface area contributed by atoms with Crippen LogP contribution in [0.1, 0.15) is 51.9 Å². The second-order valence-electron chi connectivity index (χ2n) is 5.81. The minimum Gasteiger partial charge on any atom is -0.382 e. The first-order valence-electron chi connectivity index (χ1n) is 7.70. The number of nitrogens with one attached hydrogen (secondary N) is 1. The third-order valence-electron chi connectivity index (χ3n) is 4.21. The number of non-ortho nitro benzene ring substituents is 1. The average Bonchev–Trinajstić information content (AvgIpc) is 2.65. The number of hydrogen-bond donors (Lipinski definition) is 1. The number of benzene rings is 1. The van der Waals surface area contributed by atoms with Crippen LogP contribution >= 0.6 is 0 Å². The van der Waals surface area contributed by atoms with Gasteiger partial charge in [-0.3, -0.25) is 10.1 Å². The van der Waals surface area contributed by atoms with E-state index in [1.807, 2.05) is 6.07 Å². The van der Waals surface area contributed by atoms with Crippen LogP contribution in [-0.4, -0.2) is 11.0 Å². The standard InChI is InChI=1S/C16H24N2O2/c1-2-5-13-6-3-7-14(11-10-13)17-15-8-4-9-16(12-15)18(19)20/h4,8-9,12-14,17H,2-3,5-7,10-11H2,1H3. The molecule has 0 aliphatic heterocycles. The molecule has 1 fully saturated rings. The van der Waals surface area contributed by atoms with E-state index in [4.69, 9.17) is 0 Å². The summed E-state index contributed by atoms with van der Waals surface area (Å²) in [6, 6.07) is 7.29. The van der Waals surface area contributed by atoms with Crippen LogP contribution in [-0.2, 0) is 0 Å². The molecule has 1 aromatic rings. The topological polar surface area (TPSA) is 55.2 Å². The lowest BCUT2D eigenvalue weighted by Gasteiger charge is -2.18. The minimum atomic E-state index is -0.338. The van der Waals surface area contributed by atoms with Crippen molar-refractivity contribution in [1.29, 1.82) is 0 Å². The number of rotatable bonds is 5. The molecule has 1 aliphatic carbocycles. The molecule has 0 spiro atoms. The zero-order chi connectivity index (χ0) is 14.4. The number of anilines is 1.